The molecular formula is C10H14ClFN2O. The van der Waals surface area contributed by atoms with Crippen LogP contribution in [0.2, 0.25) is 0 Å². The number of benzene rings is 1. The van der Waals surface area contributed by atoms with Crippen LogP contribution in [0.1, 0.15) is 6.92 Å². The molecule has 0 saturated carbocycles. The third-order valence-electron chi connectivity index (χ3n) is 1.92. The van der Waals surface area contributed by atoms with Crippen molar-refractivity contribution in [3.8, 4) is 0 Å². The first-order valence-corrected chi connectivity index (χ1v) is 4.37. The fourth-order valence-electron chi connectivity index (χ4n) is 0.948. The first-order chi connectivity index (χ1) is 6.63. The molecule has 15 heavy (non-hydrogen) atoms. The van der Waals surface area contributed by atoms with E-state index >= 15 is 0 Å². The van der Waals surface area contributed by atoms with Crippen LogP contribution >= 0.6 is 12.4 Å². The molecule has 0 fully saturated rings. The van der Waals surface area contributed by atoms with Crippen LogP contribution in [0.25, 0.3) is 0 Å². The van der Waals surface area contributed by atoms with Crippen LogP contribution in [0.5, 0.6) is 0 Å². The molecule has 0 aliphatic carbocycles. The summed E-state index contributed by atoms with van der Waals surface area (Å²) in [5.41, 5.74) is 0.470. The Balaban J connectivity index is 0.00000196. The Kier molecular flexibility index (Phi) is 5.89. The maximum atomic E-state index is 12.7. The second-order valence-electron chi connectivity index (χ2n) is 3.01. The second kappa shape index (κ2) is 6.37. The molecule has 0 bridgehead atoms. The van der Waals surface area contributed by atoms with Crippen LogP contribution in [0.3, 0.4) is 0 Å². The van der Waals surface area contributed by atoms with E-state index in [0.717, 1.165) is 0 Å². The number of nitrogens with one attached hydrogen (secondary N) is 2. The molecule has 0 aromatic heterocycles. The Morgan fingerprint density at radius 1 is 1.47 bits per heavy atom. The van der Waals surface area contributed by atoms with Crippen molar-refractivity contribution >= 4 is 24.0 Å². The summed E-state index contributed by atoms with van der Waals surface area (Å²) < 4.78 is 12.7. The largest absolute Gasteiger partial charge is 0.325 e. The number of halogens is 2. The molecule has 1 unspecified atom stereocenters. The molecule has 5 heteroatoms. The van der Waals surface area contributed by atoms with Crippen LogP contribution in [0.4, 0.5) is 10.1 Å². The number of carbonyl (C=O) groups is 1. The summed E-state index contributed by atoms with van der Waals surface area (Å²) in [5, 5.41) is 5.39. The molecule has 1 amide bonds. The van der Waals surface area contributed by atoms with Gasteiger partial charge in [0.1, 0.15) is 5.82 Å². The zero-order valence-corrected chi connectivity index (χ0v) is 9.40. The van der Waals surface area contributed by atoms with Crippen molar-refractivity contribution in [1.82, 2.24) is 5.32 Å². The summed E-state index contributed by atoms with van der Waals surface area (Å²) in [5.74, 6) is -0.544. The van der Waals surface area contributed by atoms with E-state index in [0.29, 0.717) is 5.69 Å². The normalized spacial score (nSPS) is 11.4. The molecule has 1 aromatic carbocycles. The minimum Gasteiger partial charge on any atom is -0.325 e. The van der Waals surface area contributed by atoms with Crippen LogP contribution in [0.15, 0.2) is 24.3 Å². The smallest absolute Gasteiger partial charge is 0.241 e. The predicted molar refractivity (Wildman–Crippen MR) is 60.8 cm³/mol. The van der Waals surface area contributed by atoms with E-state index in [2.05, 4.69) is 10.6 Å². The van der Waals surface area contributed by atoms with E-state index in [4.69, 9.17) is 0 Å². The predicted octanol–water partition coefficient (Wildman–Crippen LogP) is 1.79. The van der Waals surface area contributed by atoms with Gasteiger partial charge in [-0.05, 0) is 32.2 Å². The summed E-state index contributed by atoms with van der Waals surface area (Å²) in [6, 6.07) is 5.51. The van der Waals surface area contributed by atoms with Crippen molar-refractivity contribution in [3.05, 3.63) is 30.1 Å². The van der Waals surface area contributed by atoms with E-state index in [1.165, 1.54) is 12.1 Å². The Hall–Kier alpha value is -1.13. The van der Waals surface area contributed by atoms with Gasteiger partial charge in [-0.2, -0.15) is 0 Å². The van der Waals surface area contributed by atoms with Gasteiger partial charge in [0.25, 0.3) is 0 Å². The monoisotopic (exact) mass is 232 g/mol. The van der Waals surface area contributed by atoms with Crippen LogP contribution < -0.4 is 10.6 Å². The summed E-state index contributed by atoms with van der Waals surface area (Å²) >= 11 is 0. The zero-order valence-electron chi connectivity index (χ0n) is 8.58. The molecule has 2 N–H and O–H groups in total. The third-order valence-corrected chi connectivity index (χ3v) is 1.92. The number of likely N-dealkylation sites (N-methyl/N-ethyl adjacent to an activating group) is 1. The highest BCUT2D eigenvalue weighted by Gasteiger charge is 2.09. The molecule has 0 saturated heterocycles. The van der Waals surface area contributed by atoms with Crippen LogP contribution in [-0.4, -0.2) is 19.0 Å². The van der Waals surface area contributed by atoms with Crippen molar-refractivity contribution in [3.63, 3.8) is 0 Å². The molecular weight excluding hydrogens is 219 g/mol. The van der Waals surface area contributed by atoms with Crippen molar-refractivity contribution in [2.45, 2.75) is 13.0 Å². The number of amides is 1. The first-order valence-electron chi connectivity index (χ1n) is 4.37. The highest BCUT2D eigenvalue weighted by atomic mass is 35.5. The summed E-state index contributed by atoms with van der Waals surface area (Å²) in [6.07, 6.45) is 0. The van der Waals surface area contributed by atoms with Gasteiger partial charge in [0.15, 0.2) is 0 Å². The van der Waals surface area contributed by atoms with Gasteiger partial charge in [0.05, 0.1) is 6.04 Å². The van der Waals surface area contributed by atoms with Gasteiger partial charge in [0, 0.05) is 5.69 Å². The zero-order chi connectivity index (χ0) is 10.6. The number of hydrogen-bond acceptors (Lipinski definition) is 2. The highest BCUT2D eigenvalue weighted by molar-refractivity contribution is 5.94. The fourth-order valence-corrected chi connectivity index (χ4v) is 0.948. The molecule has 1 rings (SSSR count). The summed E-state index contributed by atoms with van der Waals surface area (Å²) in [6.45, 7) is 1.73. The summed E-state index contributed by atoms with van der Waals surface area (Å²) in [4.78, 5) is 11.4. The molecule has 0 heterocycles. The topological polar surface area (TPSA) is 41.1 Å². The molecule has 1 atom stereocenters. The average molecular weight is 233 g/mol. The molecule has 0 spiro atoms. The number of anilines is 1. The Morgan fingerprint density at radius 3 is 2.67 bits per heavy atom. The van der Waals surface area contributed by atoms with Crippen molar-refractivity contribution in [2.24, 2.45) is 0 Å². The maximum Gasteiger partial charge on any atom is 0.241 e. The van der Waals surface area contributed by atoms with E-state index in [-0.39, 0.29) is 30.2 Å². The highest BCUT2D eigenvalue weighted by Crippen LogP contribution is 2.09. The molecule has 84 valence electrons. The van der Waals surface area contributed by atoms with E-state index < -0.39 is 0 Å². The molecule has 0 aliphatic heterocycles. The molecule has 1 aromatic rings. The van der Waals surface area contributed by atoms with Gasteiger partial charge in [-0.3, -0.25) is 4.79 Å². The van der Waals surface area contributed by atoms with Gasteiger partial charge in [0.2, 0.25) is 5.91 Å². The lowest BCUT2D eigenvalue weighted by molar-refractivity contribution is -0.117. The average Bonchev–Trinajstić information content (AvgIpc) is 2.16. The quantitative estimate of drug-likeness (QED) is 0.835. The molecule has 3 nitrogen and oxygen atoms in total. The SMILES string of the molecule is CNC(C)C(=O)Nc1cccc(F)c1.Cl. The third kappa shape index (κ3) is 4.27. The molecule has 0 aliphatic rings. The Labute approximate surface area is 94.5 Å². The van der Waals surface area contributed by atoms with Gasteiger partial charge >= 0.3 is 0 Å². The van der Waals surface area contributed by atoms with E-state index in [1.807, 2.05) is 0 Å². The van der Waals surface area contributed by atoms with Crippen molar-refractivity contribution in [1.29, 1.82) is 0 Å². The maximum absolute atomic E-state index is 12.7. The van der Waals surface area contributed by atoms with E-state index in [9.17, 15) is 9.18 Å². The van der Waals surface area contributed by atoms with Gasteiger partial charge < -0.3 is 10.6 Å². The Bertz CT molecular complexity index is 333. The second-order valence-corrected chi connectivity index (χ2v) is 3.01. The lowest BCUT2D eigenvalue weighted by Gasteiger charge is -2.10. The minimum absolute atomic E-state index is 0. The number of carbonyl (C=O) groups excluding carboxylic acids is 1. The lowest BCUT2D eigenvalue weighted by atomic mass is 10.2. The van der Waals surface area contributed by atoms with Crippen LogP contribution in [-0.2, 0) is 4.79 Å². The lowest BCUT2D eigenvalue weighted by Crippen LogP contribution is -2.35. The van der Waals surface area contributed by atoms with Crippen LogP contribution in [0, 0.1) is 5.82 Å². The standard InChI is InChI=1S/C10H13FN2O.ClH/c1-7(12-2)10(14)13-9-5-3-4-8(11)6-9;/h3-7,12H,1-2H3,(H,13,14);1H. The van der Waals surface area contributed by atoms with Crippen molar-refractivity contribution in [2.75, 3.05) is 12.4 Å². The summed E-state index contributed by atoms with van der Waals surface area (Å²) in [7, 11) is 1.69. The molecule has 0 radical (unpaired) electrons. The van der Waals surface area contributed by atoms with Gasteiger partial charge in [-0.1, -0.05) is 6.07 Å². The van der Waals surface area contributed by atoms with Gasteiger partial charge in [-0.15, -0.1) is 12.4 Å². The minimum atomic E-state index is -0.361. The van der Waals surface area contributed by atoms with E-state index in [1.54, 1.807) is 26.1 Å². The van der Waals surface area contributed by atoms with Crippen molar-refractivity contribution < 1.29 is 9.18 Å². The van der Waals surface area contributed by atoms with Gasteiger partial charge in [-0.25, -0.2) is 4.39 Å². The Morgan fingerprint density at radius 2 is 2.13 bits per heavy atom. The number of hydrogen-bond donors (Lipinski definition) is 2. The first kappa shape index (κ1) is 13.9. The fraction of sp³-hybridized carbons (Fsp3) is 0.300. The number of rotatable bonds is 3.